The Morgan fingerprint density at radius 1 is 1.06 bits per heavy atom. The molecule has 4 heteroatoms. The summed E-state index contributed by atoms with van der Waals surface area (Å²) >= 11 is 0. The molecule has 2 N–H and O–H groups in total. The molecule has 4 fully saturated rings. The molecule has 2 atom stereocenters. The van der Waals surface area contributed by atoms with Crippen LogP contribution in [0.25, 0.3) is 10.9 Å². The summed E-state index contributed by atoms with van der Waals surface area (Å²) < 4.78 is 0. The van der Waals surface area contributed by atoms with Crippen molar-refractivity contribution in [3.8, 4) is 0 Å². The van der Waals surface area contributed by atoms with Crippen LogP contribution >= 0.6 is 0 Å². The predicted molar refractivity (Wildman–Crippen MR) is 124 cm³/mol. The van der Waals surface area contributed by atoms with Crippen molar-refractivity contribution in [2.75, 3.05) is 0 Å². The van der Waals surface area contributed by atoms with Crippen LogP contribution < -0.4 is 5.43 Å². The lowest BCUT2D eigenvalue weighted by atomic mass is 9.42. The lowest BCUT2D eigenvalue weighted by Gasteiger charge is -2.61. The molecular formula is C27H29N3O. The molecule has 3 aromatic rings. The van der Waals surface area contributed by atoms with E-state index in [-0.39, 0.29) is 16.7 Å². The Balaban J connectivity index is 1.25. The number of para-hydroxylation sites is 1. The maximum atomic E-state index is 13.5. The number of hydrogen-bond donors (Lipinski definition) is 2. The van der Waals surface area contributed by atoms with Gasteiger partial charge in [0.2, 0.25) is 5.91 Å². The Morgan fingerprint density at radius 3 is 2.58 bits per heavy atom. The van der Waals surface area contributed by atoms with Crippen molar-refractivity contribution in [2.24, 2.45) is 22.4 Å². The van der Waals surface area contributed by atoms with Crippen LogP contribution in [0.3, 0.4) is 0 Å². The number of rotatable bonds is 4. The summed E-state index contributed by atoms with van der Waals surface area (Å²) in [4.78, 5) is 16.7. The van der Waals surface area contributed by atoms with Gasteiger partial charge in [0, 0.05) is 22.7 Å². The molecule has 31 heavy (non-hydrogen) atoms. The molecule has 2 aromatic carbocycles. The summed E-state index contributed by atoms with van der Waals surface area (Å²) in [5.41, 5.74) is 7.64. The number of amides is 1. The van der Waals surface area contributed by atoms with Gasteiger partial charge in [0.05, 0.1) is 11.6 Å². The normalized spacial score (nSPS) is 31.5. The monoisotopic (exact) mass is 411 g/mol. The fourth-order valence-electron chi connectivity index (χ4n) is 7.25. The van der Waals surface area contributed by atoms with Gasteiger partial charge in [-0.1, -0.05) is 48.0 Å². The zero-order valence-corrected chi connectivity index (χ0v) is 18.0. The number of carbonyl (C=O) groups is 1. The van der Waals surface area contributed by atoms with Gasteiger partial charge in [-0.3, -0.25) is 4.79 Å². The minimum Gasteiger partial charge on any atom is -0.361 e. The lowest BCUT2D eigenvalue weighted by Crippen LogP contribution is -2.58. The number of aryl methyl sites for hydroxylation is 1. The van der Waals surface area contributed by atoms with E-state index >= 15 is 0 Å². The summed E-state index contributed by atoms with van der Waals surface area (Å²) in [5.74, 6) is 1.44. The summed E-state index contributed by atoms with van der Waals surface area (Å²) in [6, 6.07) is 17.2. The van der Waals surface area contributed by atoms with Crippen LogP contribution in [0.4, 0.5) is 0 Å². The highest BCUT2D eigenvalue weighted by Gasteiger charge is 2.60. The molecule has 0 radical (unpaired) electrons. The zero-order chi connectivity index (χ0) is 21.1. The number of hydrogen-bond acceptors (Lipinski definition) is 2. The first-order chi connectivity index (χ1) is 15.1. The second-order valence-electron chi connectivity index (χ2n) is 10.4. The number of carbonyl (C=O) groups excluding carboxylic acids is 1. The van der Waals surface area contributed by atoms with Gasteiger partial charge in [-0.15, -0.1) is 0 Å². The Kier molecular flexibility index (Phi) is 4.14. The van der Waals surface area contributed by atoms with E-state index < -0.39 is 0 Å². The first-order valence-electron chi connectivity index (χ1n) is 11.5. The molecule has 0 aliphatic heterocycles. The van der Waals surface area contributed by atoms with Gasteiger partial charge < -0.3 is 4.98 Å². The smallest absolute Gasteiger partial charge is 0.246 e. The third-order valence-corrected chi connectivity index (χ3v) is 8.20. The van der Waals surface area contributed by atoms with Crippen molar-refractivity contribution in [3.63, 3.8) is 0 Å². The Hall–Kier alpha value is -2.88. The molecule has 1 heterocycles. The Bertz CT molecular complexity index is 1160. The molecule has 4 bridgehead atoms. The zero-order valence-electron chi connectivity index (χ0n) is 18.0. The van der Waals surface area contributed by atoms with Gasteiger partial charge in [-0.25, -0.2) is 5.43 Å². The van der Waals surface area contributed by atoms with E-state index in [0.29, 0.717) is 11.8 Å². The van der Waals surface area contributed by atoms with Crippen molar-refractivity contribution < 1.29 is 4.79 Å². The molecule has 7 rings (SSSR count). The van der Waals surface area contributed by atoms with Crippen LogP contribution in [0, 0.1) is 24.2 Å². The minimum absolute atomic E-state index is 0.120. The number of fused-ring (bicyclic) bond motifs is 1. The molecule has 0 saturated heterocycles. The largest absolute Gasteiger partial charge is 0.361 e. The molecule has 1 amide bonds. The van der Waals surface area contributed by atoms with Crippen LogP contribution in [0.1, 0.15) is 55.2 Å². The highest BCUT2D eigenvalue weighted by atomic mass is 16.2. The highest BCUT2D eigenvalue weighted by Crippen LogP contribution is 2.65. The number of aromatic nitrogens is 1. The molecule has 0 spiro atoms. The molecule has 0 unspecified atom stereocenters. The van der Waals surface area contributed by atoms with Gasteiger partial charge in [-0.05, 0) is 74.3 Å². The number of aromatic amines is 1. The van der Waals surface area contributed by atoms with Crippen molar-refractivity contribution in [1.29, 1.82) is 0 Å². The number of benzene rings is 2. The van der Waals surface area contributed by atoms with Crippen LogP contribution in [0.15, 0.2) is 59.8 Å². The van der Waals surface area contributed by atoms with E-state index in [4.69, 9.17) is 0 Å². The first-order valence-corrected chi connectivity index (χ1v) is 11.5. The van der Waals surface area contributed by atoms with Crippen molar-refractivity contribution in [1.82, 2.24) is 10.4 Å². The van der Waals surface area contributed by atoms with Gasteiger partial charge >= 0.3 is 0 Å². The second kappa shape index (κ2) is 6.81. The summed E-state index contributed by atoms with van der Waals surface area (Å²) in [6.45, 7) is 2.14. The van der Waals surface area contributed by atoms with Crippen LogP contribution in [0.2, 0.25) is 0 Å². The Morgan fingerprint density at radius 2 is 1.81 bits per heavy atom. The second-order valence-corrected chi connectivity index (χ2v) is 10.4. The standard InChI is InChI=1S/C27H29N3O/c1-18-6-8-22(9-7-18)26-11-19-10-20(12-26)14-27(13-19,17-26)25(31)30-29-16-21-15-28-24-5-3-2-4-23(21)24/h2-9,15-16,19-20,28H,10-14,17H2,1H3,(H,30,31)/b29-16-/t19-,20-,26?,27?/m1/s1. The van der Waals surface area contributed by atoms with E-state index in [1.54, 1.807) is 6.21 Å². The quantitative estimate of drug-likeness (QED) is 0.434. The average Bonchev–Trinajstić information content (AvgIpc) is 3.16. The third kappa shape index (κ3) is 3.03. The van der Waals surface area contributed by atoms with Crippen molar-refractivity contribution >= 4 is 23.0 Å². The third-order valence-electron chi connectivity index (χ3n) is 8.20. The predicted octanol–water partition coefficient (Wildman–Crippen LogP) is 5.46. The summed E-state index contributed by atoms with van der Waals surface area (Å²) in [7, 11) is 0. The van der Waals surface area contributed by atoms with E-state index in [1.165, 1.54) is 30.4 Å². The topological polar surface area (TPSA) is 57.2 Å². The molecule has 158 valence electrons. The van der Waals surface area contributed by atoms with Crippen LogP contribution in [-0.4, -0.2) is 17.1 Å². The van der Waals surface area contributed by atoms with E-state index in [9.17, 15) is 4.79 Å². The number of hydrazone groups is 1. The van der Waals surface area contributed by atoms with Gasteiger partial charge in [0.1, 0.15) is 0 Å². The van der Waals surface area contributed by atoms with Crippen LogP contribution in [0.5, 0.6) is 0 Å². The fraction of sp³-hybridized carbons (Fsp3) is 0.407. The highest BCUT2D eigenvalue weighted by molar-refractivity contribution is 5.99. The van der Waals surface area contributed by atoms with E-state index in [0.717, 1.165) is 35.7 Å². The lowest BCUT2D eigenvalue weighted by molar-refractivity contribution is -0.149. The van der Waals surface area contributed by atoms with Crippen molar-refractivity contribution in [3.05, 3.63) is 71.4 Å². The molecule has 4 saturated carbocycles. The number of nitrogens with zero attached hydrogens (tertiary/aromatic N) is 1. The maximum absolute atomic E-state index is 13.5. The van der Waals surface area contributed by atoms with Gasteiger partial charge in [-0.2, -0.15) is 5.10 Å². The molecule has 1 aromatic heterocycles. The molecular weight excluding hydrogens is 382 g/mol. The average molecular weight is 412 g/mol. The van der Waals surface area contributed by atoms with Crippen molar-refractivity contribution in [2.45, 2.75) is 50.9 Å². The summed E-state index contributed by atoms with van der Waals surface area (Å²) in [6.07, 6.45) is 10.5. The SMILES string of the molecule is Cc1ccc(C23C[C@H]4C[C@@H](CC(C(=O)N/N=C\c5c[nH]c6ccccc56)(C4)C2)C3)cc1. The first kappa shape index (κ1) is 18.9. The minimum atomic E-state index is -0.271. The number of H-pyrrole nitrogens is 1. The van der Waals surface area contributed by atoms with Gasteiger partial charge in [0.25, 0.3) is 0 Å². The fourth-order valence-corrected chi connectivity index (χ4v) is 7.25. The van der Waals surface area contributed by atoms with E-state index in [1.807, 2.05) is 24.4 Å². The number of nitrogens with one attached hydrogen (secondary N) is 2. The summed E-state index contributed by atoms with van der Waals surface area (Å²) in [5, 5.41) is 5.50. The Labute approximate surface area is 183 Å². The molecule has 4 aliphatic carbocycles. The molecule has 4 aliphatic rings. The van der Waals surface area contributed by atoms with E-state index in [2.05, 4.69) is 52.8 Å². The van der Waals surface area contributed by atoms with Gasteiger partial charge in [0.15, 0.2) is 0 Å². The molecule has 4 nitrogen and oxygen atoms in total. The maximum Gasteiger partial charge on any atom is 0.246 e. The van der Waals surface area contributed by atoms with Crippen LogP contribution in [-0.2, 0) is 10.2 Å².